The SMILES string of the molecule is Cn1nc(C2CCC(=O)NC2=O)c2cccc(N3CCN(C(=O)OC(C)(C)C)C[C@@H]3C(F)(F)F)c21. The summed E-state index contributed by atoms with van der Waals surface area (Å²) in [5.41, 5.74) is 0.356. The highest BCUT2D eigenvalue weighted by atomic mass is 19.4. The molecule has 2 fully saturated rings. The van der Waals surface area contributed by atoms with Gasteiger partial charge < -0.3 is 14.5 Å². The monoisotopic (exact) mass is 495 g/mol. The van der Waals surface area contributed by atoms with E-state index in [0.29, 0.717) is 22.3 Å². The number of hydrogen-bond acceptors (Lipinski definition) is 6. The zero-order valence-corrected chi connectivity index (χ0v) is 20.0. The summed E-state index contributed by atoms with van der Waals surface area (Å²) in [7, 11) is 1.61. The Morgan fingerprint density at radius 2 is 1.89 bits per heavy atom. The molecule has 0 radical (unpaired) electrons. The fourth-order valence-electron chi connectivity index (χ4n) is 4.63. The Balaban J connectivity index is 1.70. The van der Waals surface area contributed by atoms with Crippen LogP contribution in [-0.2, 0) is 21.4 Å². The fraction of sp³-hybridized carbons (Fsp3) is 0.565. The molecule has 2 atom stereocenters. The minimum atomic E-state index is -4.62. The maximum atomic E-state index is 14.2. The van der Waals surface area contributed by atoms with Gasteiger partial charge in [-0.1, -0.05) is 12.1 Å². The van der Waals surface area contributed by atoms with Crippen LogP contribution < -0.4 is 10.2 Å². The van der Waals surface area contributed by atoms with Gasteiger partial charge >= 0.3 is 12.3 Å². The zero-order chi connectivity index (χ0) is 25.7. The number of fused-ring (bicyclic) bond motifs is 1. The molecule has 2 aliphatic rings. The lowest BCUT2D eigenvalue weighted by Gasteiger charge is -2.43. The number of aromatic nitrogens is 2. The van der Waals surface area contributed by atoms with E-state index in [4.69, 9.17) is 4.74 Å². The Kier molecular flexibility index (Phi) is 6.18. The molecule has 0 saturated carbocycles. The van der Waals surface area contributed by atoms with Crippen LogP contribution in [-0.4, -0.2) is 70.0 Å². The second kappa shape index (κ2) is 8.72. The second-order valence-electron chi connectivity index (χ2n) is 9.86. The lowest BCUT2D eigenvalue weighted by Crippen LogP contribution is -2.60. The molecule has 2 aromatic rings. The third-order valence-corrected chi connectivity index (χ3v) is 6.16. The predicted octanol–water partition coefficient (Wildman–Crippen LogP) is 3.08. The summed E-state index contributed by atoms with van der Waals surface area (Å²) in [5.74, 6) is -1.50. The largest absolute Gasteiger partial charge is 0.444 e. The topological polar surface area (TPSA) is 96.8 Å². The first-order chi connectivity index (χ1) is 16.3. The standard InChI is InChI=1S/C23H28F3N5O4/c1-22(2,3)35-21(34)30-10-11-31(16(12-30)23(24,25)26)15-7-5-6-13-18(28-29(4)19(13)15)14-8-9-17(32)27-20(14)33/h5-7,14,16H,8-12H2,1-4H3,(H,27,32,33)/t14?,16-/m1/s1. The number of piperazine rings is 1. The van der Waals surface area contributed by atoms with E-state index in [9.17, 15) is 27.6 Å². The Morgan fingerprint density at radius 3 is 2.51 bits per heavy atom. The molecule has 1 aromatic heterocycles. The summed E-state index contributed by atoms with van der Waals surface area (Å²) in [6.07, 6.45) is -4.96. The summed E-state index contributed by atoms with van der Waals surface area (Å²) in [6.45, 7) is 4.38. The number of carbonyl (C=O) groups excluding carboxylic acids is 3. The molecule has 0 bridgehead atoms. The van der Waals surface area contributed by atoms with E-state index in [1.165, 1.54) is 9.58 Å². The van der Waals surface area contributed by atoms with E-state index in [1.807, 2.05) is 0 Å². The highest BCUT2D eigenvalue weighted by molar-refractivity contribution is 6.03. The molecule has 3 heterocycles. The number of carbonyl (C=O) groups is 3. The van der Waals surface area contributed by atoms with Crippen molar-refractivity contribution in [2.24, 2.45) is 7.05 Å². The average Bonchev–Trinajstić information content (AvgIpc) is 3.08. The van der Waals surface area contributed by atoms with Gasteiger partial charge in [-0.2, -0.15) is 18.3 Å². The third kappa shape index (κ3) is 4.92. The third-order valence-electron chi connectivity index (χ3n) is 6.16. The Hall–Kier alpha value is -3.31. The first-order valence-electron chi connectivity index (χ1n) is 11.4. The number of halogens is 3. The van der Waals surface area contributed by atoms with Crippen LogP contribution >= 0.6 is 0 Å². The molecule has 35 heavy (non-hydrogen) atoms. The molecule has 1 unspecified atom stereocenters. The van der Waals surface area contributed by atoms with Crippen molar-refractivity contribution in [3.8, 4) is 0 Å². The number of imide groups is 1. The quantitative estimate of drug-likeness (QED) is 0.644. The van der Waals surface area contributed by atoms with Crippen LogP contribution in [0.1, 0.15) is 45.2 Å². The number of para-hydroxylation sites is 1. The number of nitrogens with zero attached hydrogens (tertiary/aromatic N) is 4. The van der Waals surface area contributed by atoms with Gasteiger partial charge in [-0.25, -0.2) is 4.79 Å². The Labute approximate surface area is 200 Å². The van der Waals surface area contributed by atoms with E-state index in [2.05, 4.69) is 10.4 Å². The van der Waals surface area contributed by atoms with E-state index in [0.717, 1.165) is 4.90 Å². The molecule has 0 spiro atoms. The van der Waals surface area contributed by atoms with Gasteiger partial charge in [0, 0.05) is 31.9 Å². The summed E-state index contributed by atoms with van der Waals surface area (Å²) >= 11 is 0. The van der Waals surface area contributed by atoms with E-state index in [1.54, 1.807) is 46.0 Å². The van der Waals surface area contributed by atoms with Gasteiger partial charge in [0.15, 0.2) is 0 Å². The van der Waals surface area contributed by atoms with Crippen molar-refractivity contribution in [2.45, 2.75) is 57.3 Å². The highest BCUT2D eigenvalue weighted by Crippen LogP contribution is 2.38. The van der Waals surface area contributed by atoms with Gasteiger partial charge in [-0.15, -0.1) is 0 Å². The minimum Gasteiger partial charge on any atom is -0.444 e. The smallest absolute Gasteiger partial charge is 0.410 e. The lowest BCUT2D eigenvalue weighted by molar-refractivity contribution is -0.155. The van der Waals surface area contributed by atoms with Crippen molar-refractivity contribution in [3.63, 3.8) is 0 Å². The molecule has 3 amide bonds. The van der Waals surface area contributed by atoms with Crippen molar-refractivity contribution in [1.82, 2.24) is 20.0 Å². The number of anilines is 1. The average molecular weight is 496 g/mol. The summed E-state index contributed by atoms with van der Waals surface area (Å²) in [5, 5.41) is 7.32. The van der Waals surface area contributed by atoms with E-state index in [-0.39, 0.29) is 31.8 Å². The van der Waals surface area contributed by atoms with Crippen molar-refractivity contribution in [1.29, 1.82) is 0 Å². The second-order valence-corrected chi connectivity index (χ2v) is 9.86. The number of nitrogens with one attached hydrogen (secondary N) is 1. The minimum absolute atomic E-state index is 0.0513. The Morgan fingerprint density at radius 1 is 1.17 bits per heavy atom. The maximum Gasteiger partial charge on any atom is 0.410 e. The molecule has 2 aliphatic heterocycles. The number of alkyl halides is 3. The van der Waals surface area contributed by atoms with Gasteiger partial charge in [-0.3, -0.25) is 19.6 Å². The van der Waals surface area contributed by atoms with Crippen molar-refractivity contribution >= 4 is 34.5 Å². The Bertz CT molecular complexity index is 1170. The van der Waals surface area contributed by atoms with Crippen LogP contribution in [0.15, 0.2) is 18.2 Å². The van der Waals surface area contributed by atoms with Crippen LogP contribution in [0.2, 0.25) is 0 Å². The number of rotatable bonds is 2. The number of benzene rings is 1. The predicted molar refractivity (Wildman–Crippen MR) is 121 cm³/mol. The van der Waals surface area contributed by atoms with E-state index >= 15 is 0 Å². The van der Waals surface area contributed by atoms with Crippen LogP contribution in [0.5, 0.6) is 0 Å². The first-order valence-corrected chi connectivity index (χ1v) is 11.4. The van der Waals surface area contributed by atoms with Gasteiger partial charge in [0.05, 0.1) is 29.4 Å². The highest BCUT2D eigenvalue weighted by Gasteiger charge is 2.48. The molecule has 2 saturated heterocycles. The van der Waals surface area contributed by atoms with Gasteiger partial charge in [0.25, 0.3) is 0 Å². The fourth-order valence-corrected chi connectivity index (χ4v) is 4.63. The van der Waals surface area contributed by atoms with Crippen LogP contribution in [0.4, 0.5) is 23.7 Å². The van der Waals surface area contributed by atoms with E-state index < -0.39 is 42.3 Å². The number of piperidine rings is 1. The summed E-state index contributed by atoms with van der Waals surface area (Å²) in [6, 6.07) is 2.97. The van der Waals surface area contributed by atoms with Gasteiger partial charge in [0.1, 0.15) is 11.6 Å². The van der Waals surface area contributed by atoms with Gasteiger partial charge in [0.2, 0.25) is 11.8 Å². The summed E-state index contributed by atoms with van der Waals surface area (Å²) in [4.78, 5) is 38.8. The van der Waals surface area contributed by atoms with Crippen molar-refractivity contribution < 1.29 is 32.3 Å². The first kappa shape index (κ1) is 24.8. The summed E-state index contributed by atoms with van der Waals surface area (Å²) < 4.78 is 49.4. The molecular formula is C23H28F3N5O4. The number of ether oxygens (including phenoxy) is 1. The van der Waals surface area contributed by atoms with Crippen LogP contribution in [0.3, 0.4) is 0 Å². The number of aryl methyl sites for hydroxylation is 1. The molecule has 4 rings (SSSR count). The molecule has 12 heteroatoms. The van der Waals surface area contributed by atoms with Crippen molar-refractivity contribution in [2.75, 3.05) is 24.5 Å². The molecule has 1 N–H and O–H groups in total. The maximum absolute atomic E-state index is 14.2. The zero-order valence-electron chi connectivity index (χ0n) is 20.0. The molecule has 1 aromatic carbocycles. The van der Waals surface area contributed by atoms with Crippen LogP contribution in [0.25, 0.3) is 10.9 Å². The molecule has 190 valence electrons. The molecule has 0 aliphatic carbocycles. The van der Waals surface area contributed by atoms with Crippen LogP contribution in [0, 0.1) is 0 Å². The van der Waals surface area contributed by atoms with Gasteiger partial charge in [-0.05, 0) is 33.3 Å². The normalized spacial score (nSPS) is 21.9. The lowest BCUT2D eigenvalue weighted by atomic mass is 9.92. The molecule has 9 nitrogen and oxygen atoms in total. The van der Waals surface area contributed by atoms with Crippen molar-refractivity contribution in [3.05, 3.63) is 23.9 Å². The number of amides is 3. The number of hydrogen-bond donors (Lipinski definition) is 1. The molecular weight excluding hydrogens is 467 g/mol.